The smallest absolute Gasteiger partial charge is 0.235 e. The van der Waals surface area contributed by atoms with E-state index in [2.05, 4.69) is 193 Å². The Balaban J connectivity index is 1.17. The Labute approximate surface area is 347 Å². The third-order valence-corrected chi connectivity index (χ3v) is 14.1. The van der Waals surface area contributed by atoms with Crippen molar-refractivity contribution in [1.82, 2.24) is 14.5 Å². The lowest BCUT2D eigenvalue weighted by molar-refractivity contribution is 1.02. The van der Waals surface area contributed by atoms with E-state index in [1.54, 1.807) is 0 Å². The second-order valence-corrected chi connectivity index (χ2v) is 17.0. The maximum absolute atomic E-state index is 5.67. The topological polar surface area (TPSA) is 30.7 Å². The fourth-order valence-corrected chi connectivity index (χ4v) is 11.7. The normalized spacial score (nSPS) is 12.3. The molecule has 3 aromatic heterocycles. The summed E-state index contributed by atoms with van der Waals surface area (Å²) in [5.41, 5.74) is 5.14. The first-order valence-electron chi connectivity index (χ1n) is 20.5. The second-order valence-electron chi connectivity index (χ2n) is 16.0. The van der Waals surface area contributed by atoms with Crippen molar-refractivity contribution in [1.29, 1.82) is 0 Å². The van der Waals surface area contributed by atoms with Gasteiger partial charge in [-0.3, -0.25) is 4.57 Å². The summed E-state index contributed by atoms with van der Waals surface area (Å²) in [5.74, 6) is 0.668. The largest absolute Gasteiger partial charge is 0.276 e. The van der Waals surface area contributed by atoms with Crippen molar-refractivity contribution in [2.45, 2.75) is 0 Å². The monoisotopic (exact) mass is 777 g/mol. The van der Waals surface area contributed by atoms with Gasteiger partial charge in [0.15, 0.2) is 0 Å². The minimum Gasteiger partial charge on any atom is -0.276 e. The SMILES string of the molecule is c1ccc2c(-c3ccc4c5ccccc5c5ccccc5c4c3)nc(-n3c4ccccc4c4c5c6ccccc6c6ccccc6c5c5c6ccccc6sc5c43)nc2c1. The maximum atomic E-state index is 5.67. The quantitative estimate of drug-likeness (QED) is 0.164. The van der Waals surface area contributed by atoms with Gasteiger partial charge in [-0.15, -0.1) is 11.3 Å². The van der Waals surface area contributed by atoms with E-state index in [0.717, 1.165) is 33.2 Å². The molecule has 11 aromatic carbocycles. The third-order valence-electron chi connectivity index (χ3n) is 12.9. The first-order chi connectivity index (χ1) is 29.8. The molecule has 0 aliphatic rings. The van der Waals surface area contributed by atoms with E-state index in [4.69, 9.17) is 9.97 Å². The number of para-hydroxylation sites is 2. The summed E-state index contributed by atoms with van der Waals surface area (Å²) in [7, 11) is 0. The molecular weight excluding hydrogens is 747 g/mol. The van der Waals surface area contributed by atoms with Gasteiger partial charge in [-0.05, 0) is 78.1 Å². The molecule has 0 saturated carbocycles. The van der Waals surface area contributed by atoms with Crippen LogP contribution in [0.25, 0.3) is 135 Å². The Hall–Kier alpha value is -7.66. The zero-order valence-corrected chi connectivity index (χ0v) is 33.0. The highest BCUT2D eigenvalue weighted by Crippen LogP contribution is 2.52. The van der Waals surface area contributed by atoms with Crippen molar-refractivity contribution < 1.29 is 0 Å². The lowest BCUT2D eigenvalue weighted by Crippen LogP contribution is -2.03. The fraction of sp³-hybridized carbons (Fsp3) is 0. The molecule has 14 rings (SSSR count). The summed E-state index contributed by atoms with van der Waals surface area (Å²) in [6.07, 6.45) is 0. The van der Waals surface area contributed by atoms with Crippen LogP contribution in [-0.4, -0.2) is 14.5 Å². The van der Waals surface area contributed by atoms with Crippen LogP contribution < -0.4 is 0 Å². The Bertz CT molecular complexity index is 4160. The molecule has 4 heteroatoms. The van der Waals surface area contributed by atoms with Gasteiger partial charge in [0.25, 0.3) is 0 Å². The lowest BCUT2D eigenvalue weighted by atomic mass is 9.89. The van der Waals surface area contributed by atoms with Crippen LogP contribution in [0.5, 0.6) is 0 Å². The molecule has 0 radical (unpaired) electrons. The van der Waals surface area contributed by atoms with Crippen LogP contribution in [-0.2, 0) is 0 Å². The molecule has 0 bridgehead atoms. The Morgan fingerprint density at radius 2 is 0.833 bits per heavy atom. The van der Waals surface area contributed by atoms with E-state index in [-0.39, 0.29) is 0 Å². The van der Waals surface area contributed by atoms with Crippen molar-refractivity contribution in [3.8, 4) is 17.2 Å². The van der Waals surface area contributed by atoms with Gasteiger partial charge in [-0.25, -0.2) is 9.97 Å². The summed E-state index contributed by atoms with van der Waals surface area (Å²) in [4.78, 5) is 11.1. The lowest BCUT2D eigenvalue weighted by Gasteiger charge is -2.15. The van der Waals surface area contributed by atoms with E-state index in [1.807, 2.05) is 11.3 Å². The Morgan fingerprint density at radius 1 is 0.350 bits per heavy atom. The molecule has 0 N–H and O–H groups in total. The van der Waals surface area contributed by atoms with Gasteiger partial charge >= 0.3 is 0 Å². The van der Waals surface area contributed by atoms with Crippen LogP contribution in [0.2, 0.25) is 0 Å². The summed E-state index contributed by atoms with van der Waals surface area (Å²) in [5, 5.41) is 21.2. The van der Waals surface area contributed by atoms with Gasteiger partial charge in [0.05, 0.1) is 26.9 Å². The predicted octanol–water partition coefficient (Wildman–Crippen LogP) is 15.7. The second kappa shape index (κ2) is 12.0. The summed E-state index contributed by atoms with van der Waals surface area (Å²) < 4.78 is 4.88. The molecule has 0 fully saturated rings. The van der Waals surface area contributed by atoms with Gasteiger partial charge in [0.2, 0.25) is 5.95 Å². The van der Waals surface area contributed by atoms with Crippen LogP contribution in [0.1, 0.15) is 0 Å². The van der Waals surface area contributed by atoms with Crippen molar-refractivity contribution in [3.05, 3.63) is 188 Å². The van der Waals surface area contributed by atoms with Crippen LogP contribution in [0.3, 0.4) is 0 Å². The van der Waals surface area contributed by atoms with Crippen molar-refractivity contribution in [3.63, 3.8) is 0 Å². The summed E-state index contributed by atoms with van der Waals surface area (Å²) in [6.45, 7) is 0. The number of nitrogens with zero attached hydrogens (tertiary/aromatic N) is 3. The highest BCUT2D eigenvalue weighted by molar-refractivity contribution is 7.27. The molecule has 0 saturated heterocycles. The Morgan fingerprint density at radius 3 is 1.50 bits per heavy atom. The van der Waals surface area contributed by atoms with E-state index < -0.39 is 0 Å². The zero-order valence-electron chi connectivity index (χ0n) is 32.1. The minimum absolute atomic E-state index is 0.668. The molecule has 0 unspecified atom stereocenters. The summed E-state index contributed by atoms with van der Waals surface area (Å²) >= 11 is 1.88. The average Bonchev–Trinajstić information content (AvgIpc) is 3.88. The first kappa shape index (κ1) is 32.3. The summed E-state index contributed by atoms with van der Waals surface area (Å²) in [6, 6.07) is 68.6. The van der Waals surface area contributed by atoms with Gasteiger partial charge < -0.3 is 0 Å². The molecule has 14 aromatic rings. The molecule has 3 heterocycles. The number of hydrogen-bond acceptors (Lipinski definition) is 3. The average molecular weight is 778 g/mol. The number of benzene rings is 11. The van der Waals surface area contributed by atoms with Gasteiger partial charge in [0.1, 0.15) is 0 Å². The molecule has 0 atom stereocenters. The highest BCUT2D eigenvalue weighted by atomic mass is 32.1. The van der Waals surface area contributed by atoms with E-state index in [0.29, 0.717) is 5.95 Å². The van der Waals surface area contributed by atoms with Crippen molar-refractivity contribution in [2.75, 3.05) is 0 Å². The first-order valence-corrected chi connectivity index (χ1v) is 21.3. The molecule has 3 nitrogen and oxygen atoms in total. The molecule has 0 amide bonds. The molecule has 0 spiro atoms. The van der Waals surface area contributed by atoms with Gasteiger partial charge in [0, 0.05) is 48.0 Å². The molecule has 0 aliphatic heterocycles. The number of thiophene rings is 1. The van der Waals surface area contributed by atoms with Gasteiger partial charge in [-0.2, -0.15) is 0 Å². The number of hydrogen-bond donors (Lipinski definition) is 0. The Kier molecular flexibility index (Phi) is 6.44. The standard InChI is InChI=1S/C56H31N3S/c1-2-17-35-33(15-1)34-16-3-4-20-38(34)45-31-32(29-30-39(35)45)53-42-23-9-12-26-46(42)57-56(58-53)59-47-27-13-10-24-43(47)51-49-40-21-7-5-18-36(40)37-19-6-8-22-41(37)50(49)52-44-25-11-14-28-48(44)60-55(52)54(51)59/h1-31H. The zero-order chi connectivity index (χ0) is 39.1. The molecular formula is C56H31N3S. The predicted molar refractivity (Wildman–Crippen MR) is 257 cm³/mol. The maximum Gasteiger partial charge on any atom is 0.235 e. The number of rotatable bonds is 2. The third kappa shape index (κ3) is 4.22. The van der Waals surface area contributed by atoms with E-state index >= 15 is 0 Å². The highest BCUT2D eigenvalue weighted by Gasteiger charge is 2.26. The van der Waals surface area contributed by atoms with Gasteiger partial charge in [-0.1, -0.05) is 164 Å². The van der Waals surface area contributed by atoms with Crippen LogP contribution in [0, 0.1) is 0 Å². The molecule has 276 valence electrons. The van der Waals surface area contributed by atoms with Crippen molar-refractivity contribution >= 4 is 129 Å². The number of fused-ring (bicyclic) bond motifs is 22. The van der Waals surface area contributed by atoms with Crippen LogP contribution in [0.4, 0.5) is 0 Å². The van der Waals surface area contributed by atoms with Crippen LogP contribution >= 0.6 is 11.3 Å². The van der Waals surface area contributed by atoms with E-state index in [1.165, 1.54) is 95.6 Å². The fourth-order valence-electron chi connectivity index (χ4n) is 10.5. The number of aromatic nitrogens is 3. The molecule has 60 heavy (non-hydrogen) atoms. The van der Waals surface area contributed by atoms with Crippen molar-refractivity contribution in [2.24, 2.45) is 0 Å². The van der Waals surface area contributed by atoms with Crippen LogP contribution in [0.15, 0.2) is 188 Å². The van der Waals surface area contributed by atoms with E-state index in [9.17, 15) is 0 Å². The molecule has 0 aliphatic carbocycles. The minimum atomic E-state index is 0.668.